The molecule has 0 saturated carbocycles. The summed E-state index contributed by atoms with van der Waals surface area (Å²) in [5.74, 6) is 0.630. The Morgan fingerprint density at radius 1 is 1.09 bits per heavy atom. The molecular weight excluding hydrogens is 523 g/mol. The smallest absolute Gasteiger partial charge is 0.332 e. The molecule has 15 heteroatoms. The highest BCUT2D eigenvalue weighted by molar-refractivity contribution is 7.89. The maximum absolute atomic E-state index is 12.9. The Bertz CT molecular complexity index is 1380. The molecule has 0 aromatic heterocycles. The molecule has 1 heterocycles. The summed E-state index contributed by atoms with van der Waals surface area (Å²) in [6.07, 6.45) is 0.307. The number of nitrogens with two attached hydrogens (primary N) is 2. The molecule has 0 radical (unpaired) electrons. The minimum Gasteiger partial charge on any atom is -0.492 e. The third-order valence-electron chi connectivity index (χ3n) is 4.85. The van der Waals surface area contributed by atoms with Crippen LogP contribution in [0.2, 0.25) is 5.02 Å². The van der Waals surface area contributed by atoms with Crippen LogP contribution in [0.25, 0.3) is 0 Å². The van der Waals surface area contributed by atoms with Gasteiger partial charge in [0.2, 0.25) is 21.9 Å². The Balaban J connectivity index is 1.55. The zero-order valence-corrected chi connectivity index (χ0v) is 21.2. The molecule has 0 aliphatic carbocycles. The van der Waals surface area contributed by atoms with E-state index >= 15 is 0 Å². The van der Waals surface area contributed by atoms with E-state index in [0.717, 1.165) is 24.3 Å². The Labute approximate surface area is 207 Å². The molecule has 0 atom stereocenters. The van der Waals surface area contributed by atoms with E-state index in [-0.39, 0.29) is 30.0 Å². The van der Waals surface area contributed by atoms with Gasteiger partial charge in [-0.3, -0.25) is 4.90 Å². The van der Waals surface area contributed by atoms with Gasteiger partial charge in [-0.1, -0.05) is 11.6 Å². The predicted molar refractivity (Wildman–Crippen MR) is 131 cm³/mol. The average molecular weight is 547 g/mol. The van der Waals surface area contributed by atoms with Gasteiger partial charge in [0.25, 0.3) is 0 Å². The number of rotatable bonds is 9. The fourth-order valence-electron chi connectivity index (χ4n) is 3.32. The lowest BCUT2D eigenvalue weighted by Crippen LogP contribution is -2.54. The highest BCUT2D eigenvalue weighted by Gasteiger charge is 2.33. The van der Waals surface area contributed by atoms with Gasteiger partial charge in [0.1, 0.15) is 11.4 Å². The molecule has 0 saturated heterocycles. The summed E-state index contributed by atoms with van der Waals surface area (Å²) < 4.78 is 67.3. The highest BCUT2D eigenvalue weighted by atomic mass is 35.5. The topological polar surface area (TPSA) is 170 Å². The summed E-state index contributed by atoms with van der Waals surface area (Å²) in [5.41, 5.74) is 11.6. The van der Waals surface area contributed by atoms with Crippen molar-refractivity contribution in [1.82, 2.24) is 4.72 Å². The molecule has 1 aliphatic rings. The number of benzene rings is 2. The molecule has 0 amide bonds. The van der Waals surface area contributed by atoms with Gasteiger partial charge in [0.05, 0.1) is 21.4 Å². The van der Waals surface area contributed by atoms with Crippen molar-refractivity contribution in [3.8, 4) is 5.75 Å². The SMILES string of the molecule is CC1(C)N=C(N)N=C(N)N1c1ccc(OCCCNS(=O)(=O)c2ccc(S(=O)(=O)F)cc2)c(Cl)c1. The van der Waals surface area contributed by atoms with E-state index in [4.69, 9.17) is 27.8 Å². The van der Waals surface area contributed by atoms with Crippen LogP contribution in [0.1, 0.15) is 20.3 Å². The number of aliphatic imine (C=N–C) groups is 2. The number of nitrogens with one attached hydrogen (secondary N) is 1. The molecule has 11 nitrogen and oxygen atoms in total. The van der Waals surface area contributed by atoms with Crippen molar-refractivity contribution in [2.24, 2.45) is 21.5 Å². The van der Waals surface area contributed by atoms with Crippen molar-refractivity contribution in [2.75, 3.05) is 18.1 Å². The number of nitrogens with zero attached hydrogens (tertiary/aromatic N) is 3. The van der Waals surface area contributed by atoms with Crippen LogP contribution in [-0.2, 0) is 20.2 Å². The largest absolute Gasteiger partial charge is 0.492 e. The maximum atomic E-state index is 12.9. The number of anilines is 1. The second kappa shape index (κ2) is 9.97. The third kappa shape index (κ3) is 6.39. The number of guanidine groups is 2. The molecule has 35 heavy (non-hydrogen) atoms. The number of hydrogen-bond acceptors (Lipinski definition) is 10. The first-order chi connectivity index (χ1) is 16.2. The summed E-state index contributed by atoms with van der Waals surface area (Å²) >= 11 is 6.35. The Kier molecular flexibility index (Phi) is 7.59. The van der Waals surface area contributed by atoms with Crippen LogP contribution in [0.4, 0.5) is 9.57 Å². The predicted octanol–water partition coefficient (Wildman–Crippen LogP) is 1.93. The van der Waals surface area contributed by atoms with Gasteiger partial charge >= 0.3 is 10.2 Å². The number of halogens is 2. The lowest BCUT2D eigenvalue weighted by molar-refractivity contribution is 0.311. The number of sulfonamides is 1. The first-order valence-corrected chi connectivity index (χ1v) is 13.4. The molecule has 0 unspecified atom stereocenters. The molecule has 0 spiro atoms. The van der Waals surface area contributed by atoms with E-state index in [1.54, 1.807) is 23.1 Å². The standard InChI is InChI=1S/C20H24ClFN6O5S2/c1-20(2)27-18(23)26-19(24)28(20)13-4-9-17(16(21)12-13)33-11-3-10-25-35(31,32)15-7-5-14(6-8-15)34(22,29)30/h4-9,12,25H,3,10-11H2,1-2H3,(H4,23,24,26,27). The molecule has 0 bridgehead atoms. The first-order valence-electron chi connectivity index (χ1n) is 10.2. The minimum absolute atomic E-state index is 0.0373. The van der Waals surface area contributed by atoms with E-state index in [1.165, 1.54) is 0 Å². The monoisotopic (exact) mass is 546 g/mol. The molecular formula is C20H24ClFN6O5S2. The summed E-state index contributed by atoms with van der Waals surface area (Å²) in [6, 6.07) is 8.79. The lowest BCUT2D eigenvalue weighted by Gasteiger charge is -2.38. The van der Waals surface area contributed by atoms with Crippen LogP contribution in [0, 0.1) is 0 Å². The Morgan fingerprint density at radius 3 is 2.29 bits per heavy atom. The van der Waals surface area contributed by atoms with E-state index in [2.05, 4.69) is 14.7 Å². The van der Waals surface area contributed by atoms with Crippen LogP contribution in [-0.4, -0.2) is 47.6 Å². The minimum atomic E-state index is -4.91. The quantitative estimate of drug-likeness (QED) is 0.316. The maximum Gasteiger partial charge on any atom is 0.332 e. The van der Waals surface area contributed by atoms with Crippen molar-refractivity contribution in [3.05, 3.63) is 47.5 Å². The zero-order valence-electron chi connectivity index (χ0n) is 18.8. The highest BCUT2D eigenvalue weighted by Crippen LogP contribution is 2.33. The summed E-state index contributed by atoms with van der Waals surface area (Å²) in [5, 5.41) is 0.303. The fourth-order valence-corrected chi connectivity index (χ4v) is 5.09. The number of ether oxygens (including phenoxy) is 1. The normalized spacial score (nSPS) is 15.9. The molecule has 2 aromatic carbocycles. The first kappa shape index (κ1) is 26.7. The van der Waals surface area contributed by atoms with E-state index < -0.39 is 30.8 Å². The lowest BCUT2D eigenvalue weighted by atomic mass is 10.1. The Hall–Kier alpha value is -2.94. The van der Waals surface area contributed by atoms with Crippen LogP contribution < -0.4 is 25.8 Å². The van der Waals surface area contributed by atoms with Crippen molar-refractivity contribution < 1.29 is 25.5 Å². The van der Waals surface area contributed by atoms with Gasteiger partial charge < -0.3 is 16.2 Å². The van der Waals surface area contributed by atoms with Crippen molar-refractivity contribution >= 4 is 49.5 Å². The van der Waals surface area contributed by atoms with E-state index in [0.29, 0.717) is 22.9 Å². The van der Waals surface area contributed by atoms with Gasteiger partial charge in [0.15, 0.2) is 0 Å². The molecule has 0 fully saturated rings. The Morgan fingerprint density at radius 2 is 1.71 bits per heavy atom. The molecule has 190 valence electrons. The summed E-state index contributed by atoms with van der Waals surface area (Å²) in [4.78, 5) is 9.12. The molecule has 3 rings (SSSR count). The molecule has 2 aromatic rings. The molecule has 5 N–H and O–H groups in total. The van der Waals surface area contributed by atoms with Crippen molar-refractivity contribution in [2.45, 2.75) is 35.7 Å². The van der Waals surface area contributed by atoms with Gasteiger partial charge in [-0.25, -0.2) is 18.1 Å². The van der Waals surface area contributed by atoms with Crippen LogP contribution in [0.15, 0.2) is 62.2 Å². The third-order valence-corrected chi connectivity index (χ3v) is 7.46. The van der Waals surface area contributed by atoms with Gasteiger partial charge in [-0.15, -0.1) is 3.89 Å². The molecule has 1 aliphatic heterocycles. The summed E-state index contributed by atoms with van der Waals surface area (Å²) in [6.45, 7) is 3.83. The number of hydrogen-bond donors (Lipinski definition) is 3. The van der Waals surface area contributed by atoms with Gasteiger partial charge in [0, 0.05) is 12.2 Å². The van der Waals surface area contributed by atoms with Crippen molar-refractivity contribution in [3.63, 3.8) is 0 Å². The average Bonchev–Trinajstić information content (AvgIpc) is 2.73. The van der Waals surface area contributed by atoms with Crippen LogP contribution in [0.5, 0.6) is 5.75 Å². The van der Waals surface area contributed by atoms with Crippen molar-refractivity contribution in [1.29, 1.82) is 0 Å². The van der Waals surface area contributed by atoms with Crippen LogP contribution >= 0.6 is 11.6 Å². The van der Waals surface area contributed by atoms with Gasteiger partial charge in [-0.2, -0.15) is 13.4 Å². The second-order valence-electron chi connectivity index (χ2n) is 7.89. The van der Waals surface area contributed by atoms with E-state index in [1.807, 2.05) is 13.8 Å². The summed E-state index contributed by atoms with van der Waals surface area (Å²) in [7, 11) is -8.82. The van der Waals surface area contributed by atoms with Gasteiger partial charge in [-0.05, 0) is 62.7 Å². The fraction of sp³-hybridized carbons (Fsp3) is 0.300. The van der Waals surface area contributed by atoms with E-state index in [9.17, 15) is 20.7 Å². The zero-order chi connectivity index (χ0) is 26.0. The second-order valence-corrected chi connectivity index (χ2v) is 11.4. The van der Waals surface area contributed by atoms with Crippen LogP contribution in [0.3, 0.4) is 0 Å².